The summed E-state index contributed by atoms with van der Waals surface area (Å²) in [6, 6.07) is -3.55. The summed E-state index contributed by atoms with van der Waals surface area (Å²) in [6.07, 6.45) is -0.473. The van der Waals surface area contributed by atoms with E-state index in [4.69, 9.17) is 11.5 Å². The Bertz CT molecular complexity index is 1700. The second kappa shape index (κ2) is 23.3. The highest BCUT2D eigenvalue weighted by Crippen LogP contribution is 2.21. The summed E-state index contributed by atoms with van der Waals surface area (Å²) in [5, 5.41) is 34.1. The first kappa shape index (κ1) is 49.0. The molecule has 21 heteroatoms. The number of likely N-dealkylation sites (tertiary alicyclic amines) is 1. The Kier molecular flexibility index (Phi) is 19.4. The quantitative estimate of drug-likeness (QED) is 0.0481. The molecule has 0 radical (unpaired) electrons. The Balaban J connectivity index is 2.38. The van der Waals surface area contributed by atoms with Crippen molar-refractivity contribution >= 4 is 59.5 Å². The molecule has 1 aliphatic rings. The summed E-state index contributed by atoms with van der Waals surface area (Å²) in [7, 11) is 0. The Morgan fingerprint density at radius 1 is 0.763 bits per heavy atom. The first-order valence-corrected chi connectivity index (χ1v) is 19.2. The average Bonchev–Trinajstić information content (AvgIpc) is 3.66. The molecular formula is C38H57N9O12. The zero-order valence-corrected chi connectivity index (χ0v) is 33.8. The second-order valence-electron chi connectivity index (χ2n) is 15.0. The lowest BCUT2D eigenvalue weighted by molar-refractivity contribution is -0.143. The highest BCUT2D eigenvalue weighted by molar-refractivity contribution is 5.99. The van der Waals surface area contributed by atoms with Crippen molar-refractivity contribution in [3.05, 3.63) is 29.8 Å². The van der Waals surface area contributed by atoms with Crippen molar-refractivity contribution in [3.8, 4) is 5.75 Å². The molecule has 21 nitrogen and oxygen atoms in total. The molecule has 12 N–H and O–H groups in total. The number of aliphatic hydroxyl groups excluding tert-OH is 1. The molecule has 326 valence electrons. The van der Waals surface area contributed by atoms with Gasteiger partial charge in [0.15, 0.2) is 0 Å². The highest BCUT2D eigenvalue weighted by Gasteiger charge is 2.41. The lowest BCUT2D eigenvalue weighted by Crippen LogP contribution is -2.61. The molecule has 1 aromatic carbocycles. The van der Waals surface area contributed by atoms with E-state index in [1.807, 2.05) is 0 Å². The van der Waals surface area contributed by atoms with Crippen molar-refractivity contribution in [2.45, 2.75) is 115 Å². The van der Waals surface area contributed by atoms with Gasteiger partial charge in [-0.05, 0) is 48.8 Å². The van der Waals surface area contributed by atoms with E-state index in [9.17, 15) is 58.2 Å². The molecule has 7 atom stereocenters. The minimum atomic E-state index is -1.65. The molecule has 0 spiro atoms. The van der Waals surface area contributed by atoms with Crippen LogP contribution < -0.4 is 43.4 Å². The average molecular weight is 832 g/mol. The van der Waals surface area contributed by atoms with Crippen LogP contribution in [-0.4, -0.2) is 130 Å². The van der Waals surface area contributed by atoms with Gasteiger partial charge in [0.2, 0.25) is 53.2 Å². The minimum Gasteiger partial charge on any atom is -0.508 e. The van der Waals surface area contributed by atoms with Gasteiger partial charge in [-0.15, -0.1) is 0 Å². The number of aldehydes is 1. The number of aliphatic hydroxyl groups is 1. The van der Waals surface area contributed by atoms with E-state index in [1.165, 1.54) is 24.3 Å². The first-order valence-electron chi connectivity index (χ1n) is 19.2. The smallest absolute Gasteiger partial charge is 0.246 e. The van der Waals surface area contributed by atoms with Crippen LogP contribution in [0.2, 0.25) is 0 Å². The van der Waals surface area contributed by atoms with Crippen LogP contribution in [0.25, 0.3) is 0 Å². The van der Waals surface area contributed by atoms with E-state index < -0.39 is 114 Å². The summed E-state index contributed by atoms with van der Waals surface area (Å²) >= 11 is 0. The molecule has 1 heterocycles. The molecule has 0 bridgehead atoms. The number of phenolic OH excluding ortho intramolecular Hbond substituents is 1. The fraction of sp³-hybridized carbons (Fsp3) is 0.579. The second-order valence-corrected chi connectivity index (χ2v) is 15.0. The van der Waals surface area contributed by atoms with E-state index in [-0.39, 0.29) is 43.9 Å². The molecule has 1 aliphatic heterocycles. The lowest BCUT2D eigenvalue weighted by Gasteiger charge is -2.31. The molecule has 0 unspecified atom stereocenters. The van der Waals surface area contributed by atoms with Gasteiger partial charge in [-0.2, -0.15) is 0 Å². The number of primary amides is 2. The summed E-state index contributed by atoms with van der Waals surface area (Å²) in [6.45, 7) is 6.95. The Labute approximate surface area is 341 Å². The molecule has 0 aliphatic carbocycles. The van der Waals surface area contributed by atoms with E-state index in [2.05, 4.69) is 31.9 Å². The topological polar surface area (TPSA) is 339 Å². The van der Waals surface area contributed by atoms with Crippen LogP contribution in [-0.2, 0) is 54.4 Å². The summed E-state index contributed by atoms with van der Waals surface area (Å²) in [4.78, 5) is 129. The van der Waals surface area contributed by atoms with Gasteiger partial charge in [-0.25, -0.2) is 0 Å². The zero-order chi connectivity index (χ0) is 44.6. The Hall–Kier alpha value is -6.12. The van der Waals surface area contributed by atoms with Gasteiger partial charge in [-0.1, -0.05) is 39.8 Å². The predicted molar refractivity (Wildman–Crippen MR) is 209 cm³/mol. The van der Waals surface area contributed by atoms with Crippen LogP contribution in [0.1, 0.15) is 72.3 Å². The van der Waals surface area contributed by atoms with E-state index in [0.29, 0.717) is 18.3 Å². The number of phenols is 1. The van der Waals surface area contributed by atoms with Crippen LogP contribution in [0.5, 0.6) is 5.75 Å². The maximum atomic E-state index is 14.0. The largest absolute Gasteiger partial charge is 0.508 e. The number of rotatable bonds is 23. The third-order valence-electron chi connectivity index (χ3n) is 9.47. The van der Waals surface area contributed by atoms with E-state index in [1.54, 1.807) is 27.7 Å². The van der Waals surface area contributed by atoms with Gasteiger partial charge in [0.1, 0.15) is 54.3 Å². The number of hydrogen-bond acceptors (Lipinski definition) is 12. The number of nitrogens with zero attached hydrogens (tertiary/aromatic N) is 1. The number of hydrogen-bond donors (Lipinski definition) is 10. The van der Waals surface area contributed by atoms with Gasteiger partial charge >= 0.3 is 0 Å². The number of carbonyl (C=O) groups excluding carboxylic acids is 10. The molecule has 9 amide bonds. The molecule has 2 rings (SSSR count). The van der Waals surface area contributed by atoms with Crippen LogP contribution >= 0.6 is 0 Å². The molecule has 0 saturated carbocycles. The molecule has 59 heavy (non-hydrogen) atoms. The first-order chi connectivity index (χ1) is 27.7. The minimum absolute atomic E-state index is 0.0104. The van der Waals surface area contributed by atoms with Crippen molar-refractivity contribution in [3.63, 3.8) is 0 Å². The lowest BCUT2D eigenvalue weighted by atomic mass is 9.98. The molecule has 0 aromatic heterocycles. The number of aromatic hydroxyl groups is 1. The fourth-order valence-electron chi connectivity index (χ4n) is 6.34. The highest BCUT2D eigenvalue weighted by atomic mass is 16.3. The maximum Gasteiger partial charge on any atom is 0.246 e. The van der Waals surface area contributed by atoms with E-state index >= 15 is 0 Å². The van der Waals surface area contributed by atoms with Crippen LogP contribution in [0, 0.1) is 11.8 Å². The molecule has 1 aromatic rings. The van der Waals surface area contributed by atoms with Crippen molar-refractivity contribution in [1.29, 1.82) is 0 Å². The van der Waals surface area contributed by atoms with Gasteiger partial charge < -0.3 is 63.3 Å². The third-order valence-corrected chi connectivity index (χ3v) is 9.47. The van der Waals surface area contributed by atoms with Crippen LogP contribution in [0.3, 0.4) is 0 Å². The van der Waals surface area contributed by atoms with Gasteiger partial charge in [0, 0.05) is 26.3 Å². The Morgan fingerprint density at radius 3 is 1.85 bits per heavy atom. The number of nitrogens with one attached hydrogen (secondary N) is 6. The molecule has 1 fully saturated rings. The SMILES string of the molecule is CC(=O)N[C@@H](CO)C(=O)N[C@@H](CCC=O)C(=O)N[C@@H](CC(N)=O)C(=O)N1CCC[C@H]1C(=O)N[C@@H](Cc1ccc(O)cc1)C(=O)N[C@H](C(=O)N[C@H](C(N)=O)C(C)C)C(C)C. The maximum absolute atomic E-state index is 14.0. The predicted octanol–water partition coefficient (Wildman–Crippen LogP) is -3.50. The monoisotopic (exact) mass is 831 g/mol. The number of carbonyl (C=O) groups is 10. The van der Waals surface area contributed by atoms with E-state index in [0.717, 1.165) is 11.8 Å². The summed E-state index contributed by atoms with van der Waals surface area (Å²) < 4.78 is 0. The molecular weight excluding hydrogens is 774 g/mol. The number of amides is 9. The van der Waals surface area contributed by atoms with Gasteiger partial charge in [0.25, 0.3) is 0 Å². The normalized spacial score (nSPS) is 16.7. The van der Waals surface area contributed by atoms with Crippen LogP contribution in [0.15, 0.2) is 24.3 Å². The fourth-order valence-corrected chi connectivity index (χ4v) is 6.34. The standard InChI is InChI=1S/C38H57N9O12/c1-19(2)30(32(40)53)45-37(58)31(20(3)4)46-34(55)25(16-22-10-12-23(51)13-11-22)43-36(57)28-9-6-14-47(28)38(59)26(17-29(39)52)44-33(54)24(8-7-15-48)42-35(56)27(18-49)41-21(5)50/h10-13,15,19-20,24-28,30-31,49,51H,6-9,14,16-18H2,1-5H3,(H2,39,52)(H2,40,53)(H,41,50)(H,42,56)(H,43,57)(H,44,54)(H,45,58)(H,46,55)/t24-,25-,26-,27-,28-,30-,31-/m0/s1. The van der Waals surface area contributed by atoms with Crippen molar-refractivity contribution < 1.29 is 58.2 Å². The molecule has 1 saturated heterocycles. The summed E-state index contributed by atoms with van der Waals surface area (Å²) in [5.74, 6) is -8.49. The van der Waals surface area contributed by atoms with Gasteiger partial charge in [-0.3, -0.25) is 43.2 Å². The zero-order valence-electron chi connectivity index (χ0n) is 33.8. The summed E-state index contributed by atoms with van der Waals surface area (Å²) in [5.41, 5.74) is 11.4. The Morgan fingerprint density at radius 2 is 1.32 bits per heavy atom. The van der Waals surface area contributed by atoms with Crippen molar-refractivity contribution in [1.82, 2.24) is 36.8 Å². The van der Waals surface area contributed by atoms with Gasteiger partial charge in [0.05, 0.1) is 13.0 Å². The van der Waals surface area contributed by atoms with Crippen LogP contribution in [0.4, 0.5) is 0 Å². The third kappa shape index (κ3) is 15.3. The van der Waals surface area contributed by atoms with Crippen molar-refractivity contribution in [2.24, 2.45) is 23.3 Å². The van der Waals surface area contributed by atoms with Crippen molar-refractivity contribution in [2.75, 3.05) is 13.2 Å². The number of nitrogens with two attached hydrogens (primary N) is 2. The number of benzene rings is 1.